The minimum absolute atomic E-state index is 0.273. The average Bonchev–Trinajstić information content (AvgIpc) is 2.97. The van der Waals surface area contributed by atoms with Gasteiger partial charge in [-0.05, 0) is 50.3 Å². The van der Waals surface area contributed by atoms with Crippen molar-refractivity contribution in [3.8, 4) is 0 Å². The Labute approximate surface area is 109 Å². The van der Waals surface area contributed by atoms with Crippen molar-refractivity contribution in [3.05, 3.63) is 24.0 Å². The van der Waals surface area contributed by atoms with Gasteiger partial charge >= 0.3 is 0 Å². The van der Waals surface area contributed by atoms with Gasteiger partial charge < -0.3 is 4.57 Å². The molecule has 1 aliphatic heterocycles. The highest BCUT2D eigenvalue weighted by molar-refractivity contribution is 5.96. The molecule has 1 aromatic rings. The van der Waals surface area contributed by atoms with Crippen molar-refractivity contribution in [1.29, 1.82) is 0 Å². The molecule has 3 nitrogen and oxygen atoms in total. The molecule has 0 amide bonds. The molecule has 0 radical (unpaired) electrons. The minimum atomic E-state index is 0.273. The topological polar surface area (TPSA) is 25.2 Å². The molecule has 18 heavy (non-hydrogen) atoms. The number of Topliss-reactive ketones (excluding diaryl/α,β-unsaturated/α-hetero) is 1. The predicted octanol–water partition coefficient (Wildman–Crippen LogP) is 2.47. The van der Waals surface area contributed by atoms with Crippen LogP contribution in [-0.2, 0) is 7.05 Å². The van der Waals surface area contributed by atoms with E-state index >= 15 is 0 Å². The molecule has 1 saturated carbocycles. The van der Waals surface area contributed by atoms with Gasteiger partial charge in [0, 0.05) is 19.3 Å². The van der Waals surface area contributed by atoms with Crippen LogP contribution in [0.25, 0.3) is 0 Å². The monoisotopic (exact) mass is 246 g/mol. The lowest BCUT2D eigenvalue weighted by Gasteiger charge is -2.37. The van der Waals surface area contributed by atoms with Crippen LogP contribution in [0.1, 0.15) is 42.6 Å². The number of hydrogen-bond donors (Lipinski definition) is 0. The maximum atomic E-state index is 12.3. The van der Waals surface area contributed by atoms with Crippen molar-refractivity contribution in [2.24, 2.45) is 13.0 Å². The van der Waals surface area contributed by atoms with E-state index in [0.717, 1.165) is 18.2 Å². The third-order valence-corrected chi connectivity index (χ3v) is 4.68. The standard InChI is InChI=1S/C15H22N2O/c1-16-9-4-8-14(16)15(18)11-17-10-3-6-12-5-2-7-13(12)17/h4,8-9,12-13H,2-3,5-7,10-11H2,1H3. The van der Waals surface area contributed by atoms with Gasteiger partial charge in [0.25, 0.3) is 0 Å². The van der Waals surface area contributed by atoms with Crippen LogP contribution >= 0.6 is 0 Å². The Balaban J connectivity index is 1.69. The van der Waals surface area contributed by atoms with E-state index in [-0.39, 0.29) is 5.78 Å². The lowest BCUT2D eigenvalue weighted by atomic mass is 9.92. The summed E-state index contributed by atoms with van der Waals surface area (Å²) in [6, 6.07) is 4.56. The highest BCUT2D eigenvalue weighted by Gasteiger charge is 2.35. The van der Waals surface area contributed by atoms with Gasteiger partial charge in [-0.25, -0.2) is 0 Å². The number of nitrogens with zero attached hydrogens (tertiary/aromatic N) is 2. The van der Waals surface area contributed by atoms with Crippen LogP contribution in [-0.4, -0.2) is 34.4 Å². The van der Waals surface area contributed by atoms with Crippen molar-refractivity contribution in [2.75, 3.05) is 13.1 Å². The van der Waals surface area contributed by atoms with Gasteiger partial charge in [-0.3, -0.25) is 9.69 Å². The Morgan fingerprint density at radius 1 is 1.33 bits per heavy atom. The molecule has 1 saturated heterocycles. The van der Waals surface area contributed by atoms with Crippen LogP contribution in [0, 0.1) is 5.92 Å². The van der Waals surface area contributed by atoms with Gasteiger partial charge in [-0.2, -0.15) is 0 Å². The molecule has 0 spiro atoms. The number of carbonyl (C=O) groups is 1. The number of carbonyl (C=O) groups excluding carboxylic acids is 1. The summed E-state index contributed by atoms with van der Waals surface area (Å²) in [5, 5.41) is 0. The van der Waals surface area contributed by atoms with Crippen molar-refractivity contribution < 1.29 is 4.79 Å². The molecule has 2 unspecified atom stereocenters. The number of aromatic nitrogens is 1. The second-order valence-corrected chi connectivity index (χ2v) is 5.80. The van der Waals surface area contributed by atoms with Crippen molar-refractivity contribution in [1.82, 2.24) is 9.47 Å². The highest BCUT2D eigenvalue weighted by atomic mass is 16.1. The first-order valence-corrected chi connectivity index (χ1v) is 7.14. The average molecular weight is 246 g/mol. The van der Waals surface area contributed by atoms with Crippen LogP contribution in [0.5, 0.6) is 0 Å². The van der Waals surface area contributed by atoms with Crippen LogP contribution in [0.15, 0.2) is 18.3 Å². The number of likely N-dealkylation sites (tertiary alicyclic amines) is 1. The number of hydrogen-bond acceptors (Lipinski definition) is 2. The Morgan fingerprint density at radius 3 is 2.94 bits per heavy atom. The molecule has 3 rings (SSSR count). The zero-order valence-corrected chi connectivity index (χ0v) is 11.1. The van der Waals surface area contributed by atoms with E-state index in [2.05, 4.69) is 4.90 Å². The van der Waals surface area contributed by atoms with E-state index in [9.17, 15) is 4.79 Å². The molecule has 0 aromatic carbocycles. The first-order chi connectivity index (χ1) is 8.75. The van der Waals surface area contributed by atoms with Gasteiger partial charge in [0.1, 0.15) is 0 Å². The predicted molar refractivity (Wildman–Crippen MR) is 71.7 cm³/mol. The zero-order chi connectivity index (χ0) is 12.5. The Morgan fingerprint density at radius 2 is 2.17 bits per heavy atom. The molecule has 1 aliphatic carbocycles. The third kappa shape index (κ3) is 2.12. The van der Waals surface area contributed by atoms with E-state index in [0.29, 0.717) is 12.6 Å². The Hall–Kier alpha value is -1.09. The molecule has 0 N–H and O–H groups in total. The summed E-state index contributed by atoms with van der Waals surface area (Å²) in [6.07, 6.45) is 8.61. The molecule has 98 valence electrons. The summed E-state index contributed by atoms with van der Waals surface area (Å²) >= 11 is 0. The number of fused-ring (bicyclic) bond motifs is 1. The van der Waals surface area contributed by atoms with Gasteiger partial charge in [-0.1, -0.05) is 6.42 Å². The lowest BCUT2D eigenvalue weighted by molar-refractivity contribution is 0.0770. The van der Waals surface area contributed by atoms with E-state index in [1.807, 2.05) is 29.9 Å². The summed E-state index contributed by atoms with van der Waals surface area (Å²) in [5.74, 6) is 1.13. The number of rotatable bonds is 3. The lowest BCUT2D eigenvalue weighted by Crippen LogP contribution is -2.45. The minimum Gasteiger partial charge on any atom is -0.348 e. The van der Waals surface area contributed by atoms with Crippen LogP contribution in [0.3, 0.4) is 0 Å². The maximum absolute atomic E-state index is 12.3. The Bertz CT molecular complexity index is 437. The quantitative estimate of drug-likeness (QED) is 0.766. The molecular weight excluding hydrogens is 224 g/mol. The first-order valence-electron chi connectivity index (χ1n) is 7.14. The van der Waals surface area contributed by atoms with E-state index in [1.165, 1.54) is 32.1 Å². The molecular formula is C15H22N2O. The number of ketones is 1. The second-order valence-electron chi connectivity index (χ2n) is 5.80. The summed E-state index contributed by atoms with van der Waals surface area (Å²) in [6.45, 7) is 1.72. The fraction of sp³-hybridized carbons (Fsp3) is 0.667. The molecule has 2 heterocycles. The number of aryl methyl sites for hydroxylation is 1. The molecule has 0 bridgehead atoms. The fourth-order valence-electron chi connectivity index (χ4n) is 3.77. The van der Waals surface area contributed by atoms with Gasteiger partial charge in [0.05, 0.1) is 12.2 Å². The smallest absolute Gasteiger partial charge is 0.193 e. The van der Waals surface area contributed by atoms with Crippen LogP contribution in [0.2, 0.25) is 0 Å². The Kier molecular flexibility index (Phi) is 3.25. The molecule has 2 fully saturated rings. The molecule has 1 aromatic heterocycles. The number of piperidine rings is 1. The molecule has 3 heteroatoms. The highest BCUT2D eigenvalue weighted by Crippen LogP contribution is 2.36. The zero-order valence-electron chi connectivity index (χ0n) is 11.1. The van der Waals surface area contributed by atoms with Gasteiger partial charge in [-0.15, -0.1) is 0 Å². The molecule has 2 aliphatic rings. The normalized spacial score (nSPS) is 28.3. The summed E-state index contributed by atoms with van der Waals surface area (Å²) in [4.78, 5) is 14.8. The van der Waals surface area contributed by atoms with E-state index < -0.39 is 0 Å². The fourth-order valence-corrected chi connectivity index (χ4v) is 3.77. The first kappa shape index (κ1) is 12.0. The largest absolute Gasteiger partial charge is 0.348 e. The van der Waals surface area contributed by atoms with Gasteiger partial charge in [0.2, 0.25) is 0 Å². The third-order valence-electron chi connectivity index (χ3n) is 4.68. The molecule has 2 atom stereocenters. The van der Waals surface area contributed by atoms with Crippen molar-refractivity contribution in [3.63, 3.8) is 0 Å². The summed E-state index contributed by atoms with van der Waals surface area (Å²) < 4.78 is 1.93. The summed E-state index contributed by atoms with van der Waals surface area (Å²) in [5.41, 5.74) is 0.843. The van der Waals surface area contributed by atoms with E-state index in [4.69, 9.17) is 0 Å². The summed E-state index contributed by atoms with van der Waals surface area (Å²) in [7, 11) is 1.95. The maximum Gasteiger partial charge on any atom is 0.193 e. The van der Waals surface area contributed by atoms with Crippen molar-refractivity contribution in [2.45, 2.75) is 38.1 Å². The van der Waals surface area contributed by atoms with Crippen molar-refractivity contribution >= 4 is 5.78 Å². The second kappa shape index (κ2) is 4.88. The van der Waals surface area contributed by atoms with E-state index in [1.54, 1.807) is 0 Å². The SMILES string of the molecule is Cn1cccc1C(=O)CN1CCCC2CCCC21. The van der Waals surface area contributed by atoms with Gasteiger partial charge in [0.15, 0.2) is 5.78 Å². The van der Waals surface area contributed by atoms with Crippen LogP contribution in [0.4, 0.5) is 0 Å². The van der Waals surface area contributed by atoms with Crippen LogP contribution < -0.4 is 0 Å².